The van der Waals surface area contributed by atoms with Gasteiger partial charge in [0.2, 0.25) is 10.0 Å². The van der Waals surface area contributed by atoms with E-state index in [4.69, 9.17) is 0 Å². The van der Waals surface area contributed by atoms with Crippen LogP contribution < -0.4 is 4.72 Å². The molecule has 96 valence electrons. The number of anilines is 1. The average Bonchev–Trinajstić information content (AvgIpc) is 2.76. The van der Waals surface area contributed by atoms with Gasteiger partial charge in [-0.1, -0.05) is 12.1 Å². The fourth-order valence-corrected chi connectivity index (χ4v) is 2.74. The number of aromatic nitrogens is 1. The molecule has 4 nitrogen and oxygen atoms in total. The highest BCUT2D eigenvalue weighted by Crippen LogP contribution is 2.24. The molecule has 2 aromatic rings. The Labute approximate surface area is 111 Å². The Morgan fingerprint density at radius 1 is 1.39 bits per heavy atom. The maximum atomic E-state index is 11.5. The number of hydrogen-bond donors (Lipinski definition) is 1. The number of benzene rings is 1. The second-order valence-corrected chi connectivity index (χ2v) is 6.91. The molecule has 1 N–H and O–H groups in total. The van der Waals surface area contributed by atoms with E-state index in [0.29, 0.717) is 5.69 Å². The van der Waals surface area contributed by atoms with Gasteiger partial charge in [0.1, 0.15) is 0 Å². The third kappa shape index (κ3) is 3.08. The summed E-state index contributed by atoms with van der Waals surface area (Å²) in [6.45, 7) is 3.55. The van der Waals surface area contributed by atoms with E-state index < -0.39 is 10.0 Å². The van der Waals surface area contributed by atoms with Crippen molar-refractivity contribution in [1.29, 1.82) is 0 Å². The van der Waals surface area contributed by atoms with Crippen molar-refractivity contribution >= 4 is 27.0 Å². The topological polar surface area (TPSA) is 59.1 Å². The van der Waals surface area contributed by atoms with Crippen LogP contribution in [0.25, 0.3) is 11.3 Å². The van der Waals surface area contributed by atoms with Gasteiger partial charge in [-0.2, -0.15) is 0 Å². The third-order valence-corrected chi connectivity index (χ3v) is 4.51. The summed E-state index contributed by atoms with van der Waals surface area (Å²) in [6.07, 6.45) is 0. The summed E-state index contributed by atoms with van der Waals surface area (Å²) >= 11 is 1.57. The zero-order chi connectivity index (χ0) is 13.2. The minimum atomic E-state index is -3.23. The highest BCUT2D eigenvalue weighted by Gasteiger charge is 2.08. The van der Waals surface area contributed by atoms with Crippen molar-refractivity contribution in [3.05, 3.63) is 34.7 Å². The molecular weight excluding hydrogens is 268 g/mol. The van der Waals surface area contributed by atoms with E-state index in [1.807, 2.05) is 24.4 Å². The lowest BCUT2D eigenvalue weighted by molar-refractivity contribution is 0.602. The number of rotatable bonds is 4. The molecule has 0 aliphatic heterocycles. The van der Waals surface area contributed by atoms with E-state index in [0.717, 1.165) is 16.3 Å². The minimum absolute atomic E-state index is 0.0625. The van der Waals surface area contributed by atoms with Gasteiger partial charge in [0.15, 0.2) is 0 Å². The van der Waals surface area contributed by atoms with E-state index in [2.05, 4.69) is 9.71 Å². The maximum Gasteiger partial charge on any atom is 0.232 e. The van der Waals surface area contributed by atoms with Crippen LogP contribution in [0, 0.1) is 6.92 Å². The number of aryl methyl sites for hydroxylation is 1. The molecular formula is C12H14N2O2S2. The van der Waals surface area contributed by atoms with Gasteiger partial charge >= 0.3 is 0 Å². The Hall–Kier alpha value is -1.40. The van der Waals surface area contributed by atoms with Crippen LogP contribution >= 0.6 is 11.3 Å². The van der Waals surface area contributed by atoms with Gasteiger partial charge in [-0.05, 0) is 26.0 Å². The van der Waals surface area contributed by atoms with Crippen LogP contribution in [0.2, 0.25) is 0 Å². The van der Waals surface area contributed by atoms with E-state index in [-0.39, 0.29) is 5.75 Å². The Morgan fingerprint density at radius 3 is 2.78 bits per heavy atom. The van der Waals surface area contributed by atoms with Gasteiger partial charge in [-0.3, -0.25) is 4.72 Å². The van der Waals surface area contributed by atoms with Gasteiger partial charge in [0, 0.05) is 16.6 Å². The molecule has 0 bridgehead atoms. The Bertz CT molecular complexity index is 648. The SMILES string of the molecule is CCS(=O)(=O)Nc1cccc(-c2csc(C)n2)c1. The van der Waals surface area contributed by atoms with E-state index in [9.17, 15) is 8.42 Å². The van der Waals surface area contributed by atoms with Gasteiger partial charge in [-0.25, -0.2) is 13.4 Å². The normalized spacial score (nSPS) is 11.4. The first-order valence-electron chi connectivity index (χ1n) is 5.53. The summed E-state index contributed by atoms with van der Waals surface area (Å²) in [5.74, 6) is 0.0625. The standard InChI is InChI=1S/C12H14N2O2S2/c1-3-18(15,16)14-11-6-4-5-10(7-11)12-8-17-9(2)13-12/h4-8,14H,3H2,1-2H3. The number of sulfonamides is 1. The molecule has 0 radical (unpaired) electrons. The third-order valence-electron chi connectivity index (χ3n) is 2.43. The Morgan fingerprint density at radius 2 is 2.17 bits per heavy atom. The summed E-state index contributed by atoms with van der Waals surface area (Å²) in [7, 11) is -3.23. The highest BCUT2D eigenvalue weighted by atomic mass is 32.2. The van der Waals surface area contributed by atoms with Crippen LogP contribution in [-0.2, 0) is 10.0 Å². The van der Waals surface area contributed by atoms with Crippen molar-refractivity contribution in [1.82, 2.24) is 4.98 Å². The monoisotopic (exact) mass is 282 g/mol. The molecule has 0 saturated carbocycles. The maximum absolute atomic E-state index is 11.5. The first-order chi connectivity index (χ1) is 8.50. The number of hydrogen-bond acceptors (Lipinski definition) is 4. The van der Waals surface area contributed by atoms with Crippen molar-refractivity contribution in [2.24, 2.45) is 0 Å². The van der Waals surface area contributed by atoms with Crippen molar-refractivity contribution in [2.45, 2.75) is 13.8 Å². The van der Waals surface area contributed by atoms with Crippen molar-refractivity contribution in [3.8, 4) is 11.3 Å². The average molecular weight is 282 g/mol. The van der Waals surface area contributed by atoms with Crippen molar-refractivity contribution in [2.75, 3.05) is 10.5 Å². The number of nitrogens with one attached hydrogen (secondary N) is 1. The molecule has 0 aliphatic rings. The Balaban J connectivity index is 2.31. The molecule has 0 fully saturated rings. The Kier molecular flexibility index (Phi) is 3.68. The van der Waals surface area contributed by atoms with Gasteiger partial charge < -0.3 is 0 Å². The van der Waals surface area contributed by atoms with Gasteiger partial charge in [-0.15, -0.1) is 11.3 Å². The molecule has 0 unspecified atom stereocenters. The largest absolute Gasteiger partial charge is 0.284 e. The first kappa shape index (κ1) is 13.0. The highest BCUT2D eigenvalue weighted by molar-refractivity contribution is 7.92. The molecule has 0 spiro atoms. The fraction of sp³-hybridized carbons (Fsp3) is 0.250. The second-order valence-electron chi connectivity index (χ2n) is 3.84. The van der Waals surface area contributed by atoms with Crippen LogP contribution in [-0.4, -0.2) is 19.2 Å². The van der Waals surface area contributed by atoms with Crippen LogP contribution in [0.3, 0.4) is 0 Å². The van der Waals surface area contributed by atoms with Crippen molar-refractivity contribution in [3.63, 3.8) is 0 Å². The molecule has 0 saturated heterocycles. The quantitative estimate of drug-likeness (QED) is 0.938. The predicted molar refractivity (Wildman–Crippen MR) is 75.4 cm³/mol. The number of nitrogens with zero attached hydrogens (tertiary/aromatic N) is 1. The first-order valence-corrected chi connectivity index (χ1v) is 8.06. The van der Waals surface area contributed by atoms with Crippen LogP contribution in [0.1, 0.15) is 11.9 Å². The van der Waals surface area contributed by atoms with Crippen LogP contribution in [0.5, 0.6) is 0 Å². The molecule has 2 rings (SSSR count). The predicted octanol–water partition coefficient (Wildman–Crippen LogP) is 2.88. The lowest BCUT2D eigenvalue weighted by atomic mass is 10.1. The minimum Gasteiger partial charge on any atom is -0.284 e. The smallest absolute Gasteiger partial charge is 0.232 e. The molecule has 1 aromatic carbocycles. The summed E-state index contributed by atoms with van der Waals surface area (Å²) in [4.78, 5) is 4.38. The molecule has 1 heterocycles. The van der Waals surface area contributed by atoms with Gasteiger partial charge in [0.25, 0.3) is 0 Å². The molecule has 0 atom stereocenters. The second kappa shape index (κ2) is 5.07. The van der Waals surface area contributed by atoms with Gasteiger partial charge in [0.05, 0.1) is 16.5 Å². The molecule has 18 heavy (non-hydrogen) atoms. The number of thiazole rings is 1. The van der Waals surface area contributed by atoms with E-state index in [1.54, 1.807) is 30.4 Å². The summed E-state index contributed by atoms with van der Waals surface area (Å²) in [6, 6.07) is 7.26. The van der Waals surface area contributed by atoms with Crippen LogP contribution in [0.4, 0.5) is 5.69 Å². The lowest BCUT2D eigenvalue weighted by Gasteiger charge is -2.06. The molecule has 1 aromatic heterocycles. The molecule has 0 amide bonds. The lowest BCUT2D eigenvalue weighted by Crippen LogP contribution is -2.14. The van der Waals surface area contributed by atoms with Crippen LogP contribution in [0.15, 0.2) is 29.6 Å². The van der Waals surface area contributed by atoms with E-state index in [1.165, 1.54) is 0 Å². The summed E-state index contributed by atoms with van der Waals surface area (Å²) < 4.78 is 25.5. The molecule has 0 aliphatic carbocycles. The van der Waals surface area contributed by atoms with E-state index >= 15 is 0 Å². The summed E-state index contributed by atoms with van der Waals surface area (Å²) in [5.41, 5.74) is 2.35. The summed E-state index contributed by atoms with van der Waals surface area (Å²) in [5, 5.41) is 2.95. The zero-order valence-corrected chi connectivity index (χ0v) is 11.8. The van der Waals surface area contributed by atoms with Crippen molar-refractivity contribution < 1.29 is 8.42 Å². The zero-order valence-electron chi connectivity index (χ0n) is 10.2. The fourth-order valence-electron chi connectivity index (χ4n) is 1.49. The molecule has 6 heteroatoms.